The van der Waals surface area contributed by atoms with Crippen LogP contribution in [0, 0.1) is 11.6 Å². The van der Waals surface area contributed by atoms with Crippen LogP contribution in [0.15, 0.2) is 18.2 Å². The Hall–Kier alpha value is -1.00. The van der Waals surface area contributed by atoms with Gasteiger partial charge in [-0.15, -0.1) is 0 Å². The molecular weight excluding hydrogens is 222 g/mol. The van der Waals surface area contributed by atoms with Crippen LogP contribution < -0.4 is 11.1 Å². The van der Waals surface area contributed by atoms with Gasteiger partial charge >= 0.3 is 0 Å². The number of nitrogens with one attached hydrogen (secondary N) is 2. The van der Waals surface area contributed by atoms with Gasteiger partial charge in [0, 0.05) is 11.6 Å². The first-order chi connectivity index (χ1) is 8.01. The molecule has 0 bridgehead atoms. The Kier molecular flexibility index (Phi) is 3.45. The molecule has 4 heteroatoms. The van der Waals surface area contributed by atoms with E-state index in [0.717, 1.165) is 44.0 Å². The molecule has 0 aliphatic carbocycles. The fraction of sp³-hybridized carbons (Fsp3) is 0.538. The van der Waals surface area contributed by atoms with Crippen LogP contribution in [0.4, 0.5) is 8.78 Å². The third-order valence-electron chi connectivity index (χ3n) is 3.50. The molecule has 1 aromatic carbocycles. The lowest BCUT2D eigenvalue weighted by atomic mass is 9.81. The number of hydrogen-bond donors (Lipinski definition) is 1. The maximum Gasteiger partial charge on any atom is 0.128 e. The van der Waals surface area contributed by atoms with Crippen LogP contribution in [0.2, 0.25) is 0 Å². The van der Waals surface area contributed by atoms with E-state index >= 15 is 0 Å². The largest absolute Gasteiger partial charge is 0.312 e. The van der Waals surface area contributed by atoms with Crippen LogP contribution in [0.3, 0.4) is 0 Å². The molecule has 1 heterocycles. The zero-order valence-corrected chi connectivity index (χ0v) is 9.89. The summed E-state index contributed by atoms with van der Waals surface area (Å²) in [5, 5.41) is 3.23. The van der Waals surface area contributed by atoms with Crippen molar-refractivity contribution in [1.82, 2.24) is 11.1 Å². The van der Waals surface area contributed by atoms with Crippen molar-refractivity contribution in [3.05, 3.63) is 35.4 Å². The normalized spacial score (nSPS) is 24.4. The van der Waals surface area contributed by atoms with Gasteiger partial charge in [-0.05, 0) is 44.5 Å². The van der Waals surface area contributed by atoms with Crippen molar-refractivity contribution in [2.75, 3.05) is 6.54 Å². The first kappa shape index (κ1) is 12.5. The lowest BCUT2D eigenvalue weighted by molar-refractivity contribution is 0.256. The zero-order chi connectivity index (χ0) is 12.5. The fourth-order valence-electron chi connectivity index (χ4n) is 2.43. The summed E-state index contributed by atoms with van der Waals surface area (Å²) in [4.78, 5) is 0. The van der Waals surface area contributed by atoms with Gasteiger partial charge in [0.2, 0.25) is 0 Å². The van der Waals surface area contributed by atoms with E-state index in [2.05, 4.69) is 5.32 Å². The minimum atomic E-state index is -1.13. The highest BCUT2D eigenvalue weighted by Crippen LogP contribution is 2.30. The van der Waals surface area contributed by atoms with E-state index in [1.807, 2.05) is 0 Å². The molecule has 1 aromatic rings. The van der Waals surface area contributed by atoms with Crippen molar-refractivity contribution in [2.45, 2.75) is 37.8 Å². The second kappa shape index (κ2) is 4.70. The van der Waals surface area contributed by atoms with Crippen LogP contribution >= 0.6 is 0 Å². The average Bonchev–Trinajstić information content (AvgIpc) is 2.33. The molecular formula is C13H17F2N2. The molecule has 1 aliphatic heterocycles. The maximum absolute atomic E-state index is 13.7. The number of hydrogen-bond acceptors (Lipinski definition) is 1. The summed E-state index contributed by atoms with van der Waals surface area (Å²) in [5.41, 5.74) is 7.33. The molecule has 0 saturated carbocycles. The Labute approximate surface area is 100 Å². The molecule has 2 unspecified atom stereocenters. The number of piperidine rings is 1. The highest BCUT2D eigenvalue weighted by Gasteiger charge is 2.35. The number of halogens is 2. The molecule has 2 nitrogen and oxygen atoms in total. The molecule has 2 atom stereocenters. The molecule has 1 saturated heterocycles. The summed E-state index contributed by atoms with van der Waals surface area (Å²) >= 11 is 0. The van der Waals surface area contributed by atoms with E-state index in [4.69, 9.17) is 5.73 Å². The fourth-order valence-corrected chi connectivity index (χ4v) is 2.43. The molecule has 0 spiro atoms. The number of benzene rings is 1. The summed E-state index contributed by atoms with van der Waals surface area (Å²) in [6.07, 6.45) is 2.94. The van der Waals surface area contributed by atoms with Crippen LogP contribution in [0.1, 0.15) is 31.7 Å². The molecule has 2 rings (SSSR count). The molecule has 0 aromatic heterocycles. The van der Waals surface area contributed by atoms with Gasteiger partial charge in [0.25, 0.3) is 0 Å². The highest BCUT2D eigenvalue weighted by atomic mass is 19.1. The van der Waals surface area contributed by atoms with Gasteiger partial charge in [0.1, 0.15) is 11.6 Å². The van der Waals surface area contributed by atoms with Gasteiger partial charge in [0.15, 0.2) is 0 Å². The van der Waals surface area contributed by atoms with Crippen molar-refractivity contribution < 1.29 is 8.78 Å². The van der Waals surface area contributed by atoms with Gasteiger partial charge in [0.05, 0.1) is 5.54 Å². The predicted octanol–water partition coefficient (Wildman–Crippen LogP) is 2.61. The van der Waals surface area contributed by atoms with Crippen LogP contribution in [-0.2, 0) is 5.54 Å². The van der Waals surface area contributed by atoms with Gasteiger partial charge < -0.3 is 5.32 Å². The molecule has 17 heavy (non-hydrogen) atoms. The molecule has 1 fully saturated rings. The van der Waals surface area contributed by atoms with Gasteiger partial charge in [-0.3, -0.25) is 0 Å². The lowest BCUT2D eigenvalue weighted by Gasteiger charge is -2.37. The summed E-state index contributed by atoms with van der Waals surface area (Å²) in [6, 6.07) is 3.20. The van der Waals surface area contributed by atoms with Crippen molar-refractivity contribution in [1.29, 1.82) is 0 Å². The Bertz CT molecular complexity index is 398. The highest BCUT2D eigenvalue weighted by molar-refractivity contribution is 5.28. The van der Waals surface area contributed by atoms with Crippen LogP contribution in [0.25, 0.3) is 0 Å². The van der Waals surface area contributed by atoms with E-state index in [1.165, 1.54) is 0 Å². The maximum atomic E-state index is 13.7. The van der Waals surface area contributed by atoms with Crippen molar-refractivity contribution in [2.24, 2.45) is 0 Å². The molecule has 1 aliphatic rings. The third kappa shape index (κ3) is 2.48. The second-order valence-corrected chi connectivity index (χ2v) is 4.83. The first-order valence-electron chi connectivity index (χ1n) is 5.96. The van der Waals surface area contributed by atoms with Crippen LogP contribution in [0.5, 0.6) is 0 Å². The Morgan fingerprint density at radius 1 is 1.35 bits per heavy atom. The lowest BCUT2D eigenvalue weighted by Crippen LogP contribution is -2.50. The third-order valence-corrected chi connectivity index (χ3v) is 3.50. The number of rotatable bonds is 2. The summed E-state index contributed by atoms with van der Waals surface area (Å²) in [7, 11) is 0. The van der Waals surface area contributed by atoms with E-state index in [1.54, 1.807) is 6.92 Å². The zero-order valence-electron chi connectivity index (χ0n) is 9.89. The van der Waals surface area contributed by atoms with Gasteiger partial charge in [-0.25, -0.2) is 14.5 Å². The first-order valence-corrected chi connectivity index (χ1v) is 5.96. The minimum absolute atomic E-state index is 0.118. The molecule has 1 radical (unpaired) electrons. The predicted molar refractivity (Wildman–Crippen MR) is 62.4 cm³/mol. The smallest absolute Gasteiger partial charge is 0.128 e. The Balaban J connectivity index is 2.32. The topological polar surface area (TPSA) is 35.8 Å². The van der Waals surface area contributed by atoms with Gasteiger partial charge in [-0.2, -0.15) is 0 Å². The van der Waals surface area contributed by atoms with E-state index < -0.39 is 17.2 Å². The van der Waals surface area contributed by atoms with E-state index in [9.17, 15) is 8.78 Å². The summed E-state index contributed by atoms with van der Waals surface area (Å²) < 4.78 is 26.9. The van der Waals surface area contributed by atoms with Gasteiger partial charge in [-0.1, -0.05) is 6.42 Å². The molecule has 0 amide bonds. The molecule has 93 valence electrons. The average molecular weight is 239 g/mol. The summed E-state index contributed by atoms with van der Waals surface area (Å²) in [5.74, 6) is -0.994. The minimum Gasteiger partial charge on any atom is -0.312 e. The quantitative estimate of drug-likeness (QED) is 0.846. The van der Waals surface area contributed by atoms with Crippen molar-refractivity contribution in [3.63, 3.8) is 0 Å². The standard InChI is InChI=1S/C13H17F2N2/c1-13(16,12-4-2-3-7-17-12)10-8-9(14)5-6-11(10)15/h5-6,8,12,16-17H,2-4,7H2,1H3. The van der Waals surface area contributed by atoms with Crippen molar-refractivity contribution >= 4 is 0 Å². The SMILES string of the molecule is CC([NH])(c1cc(F)ccc1F)C1CCCCN1. The Morgan fingerprint density at radius 2 is 2.12 bits per heavy atom. The monoisotopic (exact) mass is 239 g/mol. The second-order valence-electron chi connectivity index (χ2n) is 4.83. The van der Waals surface area contributed by atoms with E-state index in [0.29, 0.717) is 0 Å². The Morgan fingerprint density at radius 3 is 2.76 bits per heavy atom. The summed E-state index contributed by atoms with van der Waals surface area (Å²) in [6.45, 7) is 2.49. The van der Waals surface area contributed by atoms with E-state index in [-0.39, 0.29) is 11.6 Å². The van der Waals surface area contributed by atoms with Crippen LogP contribution in [-0.4, -0.2) is 12.6 Å². The molecule has 2 N–H and O–H groups in total. The van der Waals surface area contributed by atoms with Crippen molar-refractivity contribution in [3.8, 4) is 0 Å².